The van der Waals surface area contributed by atoms with Gasteiger partial charge in [-0.3, -0.25) is 4.79 Å². The summed E-state index contributed by atoms with van der Waals surface area (Å²) < 4.78 is 5.29. The van der Waals surface area contributed by atoms with Gasteiger partial charge in [-0.2, -0.15) is 0 Å². The molecule has 5 nitrogen and oxygen atoms in total. The number of nitrogens with one attached hydrogen (secondary N) is 1. The van der Waals surface area contributed by atoms with E-state index in [0.29, 0.717) is 19.5 Å². The van der Waals surface area contributed by atoms with E-state index in [-0.39, 0.29) is 18.0 Å². The van der Waals surface area contributed by atoms with E-state index in [1.54, 1.807) is 4.90 Å². The minimum atomic E-state index is -0.499. The highest BCUT2D eigenvalue weighted by Gasteiger charge is 2.28. The lowest BCUT2D eigenvalue weighted by Gasteiger charge is -2.29. The van der Waals surface area contributed by atoms with Gasteiger partial charge in [-0.05, 0) is 27.7 Å². The zero-order valence-corrected chi connectivity index (χ0v) is 10.4. The maximum Gasteiger partial charge on any atom is 0.410 e. The Morgan fingerprint density at radius 2 is 2.12 bits per heavy atom. The van der Waals surface area contributed by atoms with E-state index >= 15 is 0 Å². The summed E-state index contributed by atoms with van der Waals surface area (Å²) in [5.74, 6) is -0.0158. The molecule has 1 saturated heterocycles. The number of amides is 2. The minimum absolute atomic E-state index is 0.0158. The molecule has 1 aliphatic rings. The Balaban J connectivity index is 2.63. The van der Waals surface area contributed by atoms with Crippen molar-refractivity contribution in [1.29, 1.82) is 0 Å². The molecule has 5 heteroatoms. The van der Waals surface area contributed by atoms with Crippen molar-refractivity contribution in [2.45, 2.75) is 45.8 Å². The fourth-order valence-corrected chi connectivity index (χ4v) is 1.49. The number of ether oxygens (including phenoxy) is 1. The number of carbonyl (C=O) groups excluding carboxylic acids is 2. The molecule has 1 aliphatic heterocycles. The lowest BCUT2D eigenvalue weighted by atomic mass is 10.2. The fourth-order valence-electron chi connectivity index (χ4n) is 1.49. The van der Waals surface area contributed by atoms with Gasteiger partial charge in [0.25, 0.3) is 0 Å². The van der Waals surface area contributed by atoms with Crippen LogP contribution in [0.1, 0.15) is 34.1 Å². The van der Waals surface area contributed by atoms with Crippen molar-refractivity contribution < 1.29 is 14.3 Å². The summed E-state index contributed by atoms with van der Waals surface area (Å²) in [6, 6.07) is -0.0266. The molecule has 0 radical (unpaired) electrons. The first-order valence-electron chi connectivity index (χ1n) is 5.56. The van der Waals surface area contributed by atoms with E-state index in [4.69, 9.17) is 4.74 Å². The molecule has 0 spiro atoms. The van der Waals surface area contributed by atoms with Crippen LogP contribution in [-0.4, -0.2) is 41.6 Å². The summed E-state index contributed by atoms with van der Waals surface area (Å²) in [6.45, 7) is 8.29. The van der Waals surface area contributed by atoms with E-state index in [0.717, 1.165) is 0 Å². The third kappa shape index (κ3) is 3.72. The Kier molecular flexibility index (Phi) is 3.78. The molecule has 0 aromatic carbocycles. The summed E-state index contributed by atoms with van der Waals surface area (Å²) in [7, 11) is 0. The van der Waals surface area contributed by atoms with Crippen LogP contribution in [0.2, 0.25) is 0 Å². The summed E-state index contributed by atoms with van der Waals surface area (Å²) in [5.41, 5.74) is -0.499. The van der Waals surface area contributed by atoms with Gasteiger partial charge in [-0.15, -0.1) is 0 Å². The number of nitrogens with zero attached hydrogens (tertiary/aromatic N) is 1. The fraction of sp³-hybridized carbons (Fsp3) is 0.818. The van der Waals surface area contributed by atoms with Crippen LogP contribution in [0.3, 0.4) is 0 Å². The van der Waals surface area contributed by atoms with Crippen molar-refractivity contribution in [2.24, 2.45) is 0 Å². The predicted octanol–water partition coefficient (Wildman–Crippen LogP) is 1.13. The molecule has 0 aromatic rings. The second-order valence-electron chi connectivity index (χ2n) is 5.08. The molecular formula is C11H20N2O3. The van der Waals surface area contributed by atoms with Crippen molar-refractivity contribution in [3.8, 4) is 0 Å². The van der Waals surface area contributed by atoms with E-state index in [1.807, 2.05) is 27.7 Å². The highest BCUT2D eigenvalue weighted by Crippen LogP contribution is 2.13. The Bertz CT molecular complexity index is 283. The van der Waals surface area contributed by atoms with E-state index in [9.17, 15) is 9.59 Å². The first kappa shape index (κ1) is 12.8. The Labute approximate surface area is 96.1 Å². The van der Waals surface area contributed by atoms with Gasteiger partial charge in [0.1, 0.15) is 5.60 Å². The van der Waals surface area contributed by atoms with Crippen LogP contribution in [-0.2, 0) is 9.53 Å². The van der Waals surface area contributed by atoms with Gasteiger partial charge < -0.3 is 15.0 Å². The summed E-state index contributed by atoms with van der Waals surface area (Å²) in [5, 5.41) is 2.75. The second-order valence-corrected chi connectivity index (χ2v) is 5.08. The zero-order valence-electron chi connectivity index (χ0n) is 10.4. The molecule has 1 atom stereocenters. The second kappa shape index (κ2) is 4.72. The molecule has 1 rings (SSSR count). The molecule has 92 valence electrons. The van der Waals surface area contributed by atoms with Crippen molar-refractivity contribution in [1.82, 2.24) is 10.2 Å². The zero-order chi connectivity index (χ0) is 12.3. The minimum Gasteiger partial charge on any atom is -0.444 e. The average Bonchev–Trinajstić information content (AvgIpc) is 2.26. The molecule has 0 saturated carbocycles. The van der Waals surface area contributed by atoms with Crippen LogP contribution < -0.4 is 5.32 Å². The molecule has 0 bridgehead atoms. The monoisotopic (exact) mass is 228 g/mol. The topological polar surface area (TPSA) is 58.6 Å². The number of hydrogen-bond donors (Lipinski definition) is 1. The third-order valence-corrected chi connectivity index (χ3v) is 2.33. The maximum absolute atomic E-state index is 11.8. The normalized spacial score (nSPS) is 22.4. The van der Waals surface area contributed by atoms with Gasteiger partial charge in [0.15, 0.2) is 0 Å². The van der Waals surface area contributed by atoms with Gasteiger partial charge in [0.05, 0.1) is 0 Å². The standard InChI is InChI=1S/C11H20N2O3/c1-8-7-12-9(14)5-6-13(8)10(15)16-11(2,3)4/h8H,5-7H2,1-4H3,(H,12,14)/t8-/m0/s1. The molecule has 1 fully saturated rings. The number of hydrogen-bond acceptors (Lipinski definition) is 3. The average molecular weight is 228 g/mol. The Morgan fingerprint density at radius 3 is 2.69 bits per heavy atom. The van der Waals surface area contributed by atoms with Gasteiger partial charge in [-0.25, -0.2) is 4.79 Å². The van der Waals surface area contributed by atoms with E-state index < -0.39 is 5.60 Å². The quantitative estimate of drug-likeness (QED) is 0.676. The predicted molar refractivity (Wildman–Crippen MR) is 60.0 cm³/mol. The smallest absolute Gasteiger partial charge is 0.410 e. The molecule has 0 aromatic heterocycles. The summed E-state index contributed by atoms with van der Waals surface area (Å²) in [4.78, 5) is 24.6. The van der Waals surface area contributed by atoms with Crippen LogP contribution in [0.4, 0.5) is 4.79 Å². The Morgan fingerprint density at radius 1 is 1.50 bits per heavy atom. The summed E-state index contributed by atoms with van der Waals surface area (Å²) in [6.07, 6.45) is -0.0136. The molecule has 0 aliphatic carbocycles. The molecule has 2 amide bonds. The van der Waals surface area contributed by atoms with Crippen molar-refractivity contribution in [2.75, 3.05) is 13.1 Å². The molecule has 1 N–H and O–H groups in total. The van der Waals surface area contributed by atoms with Crippen LogP contribution in [0.25, 0.3) is 0 Å². The van der Waals surface area contributed by atoms with Crippen LogP contribution in [0.5, 0.6) is 0 Å². The summed E-state index contributed by atoms with van der Waals surface area (Å²) >= 11 is 0. The van der Waals surface area contributed by atoms with Crippen molar-refractivity contribution >= 4 is 12.0 Å². The van der Waals surface area contributed by atoms with Crippen LogP contribution in [0.15, 0.2) is 0 Å². The van der Waals surface area contributed by atoms with Gasteiger partial charge >= 0.3 is 6.09 Å². The Hall–Kier alpha value is -1.26. The van der Waals surface area contributed by atoms with Crippen LogP contribution in [0, 0.1) is 0 Å². The van der Waals surface area contributed by atoms with Crippen molar-refractivity contribution in [3.05, 3.63) is 0 Å². The van der Waals surface area contributed by atoms with E-state index in [1.165, 1.54) is 0 Å². The number of carbonyl (C=O) groups is 2. The van der Waals surface area contributed by atoms with Gasteiger partial charge in [0.2, 0.25) is 5.91 Å². The first-order valence-corrected chi connectivity index (χ1v) is 5.56. The molecule has 0 unspecified atom stereocenters. The van der Waals surface area contributed by atoms with Gasteiger partial charge in [-0.1, -0.05) is 0 Å². The van der Waals surface area contributed by atoms with Crippen molar-refractivity contribution in [3.63, 3.8) is 0 Å². The lowest BCUT2D eigenvalue weighted by Crippen LogP contribution is -2.44. The van der Waals surface area contributed by atoms with Gasteiger partial charge in [0, 0.05) is 25.6 Å². The highest BCUT2D eigenvalue weighted by molar-refractivity contribution is 5.78. The molecule has 1 heterocycles. The largest absolute Gasteiger partial charge is 0.444 e. The maximum atomic E-state index is 11.8. The van der Waals surface area contributed by atoms with E-state index in [2.05, 4.69) is 5.32 Å². The first-order chi connectivity index (χ1) is 7.29. The molecule has 16 heavy (non-hydrogen) atoms. The highest BCUT2D eigenvalue weighted by atomic mass is 16.6. The number of rotatable bonds is 0. The SMILES string of the molecule is C[C@H]1CNC(=O)CCN1C(=O)OC(C)(C)C. The van der Waals surface area contributed by atoms with Crippen LogP contribution >= 0.6 is 0 Å². The third-order valence-electron chi connectivity index (χ3n) is 2.33. The lowest BCUT2D eigenvalue weighted by molar-refractivity contribution is -0.120. The molecular weight excluding hydrogens is 208 g/mol.